The molecule has 1 saturated heterocycles. The molecule has 1 heterocycles. The Morgan fingerprint density at radius 3 is 2.48 bits per heavy atom. The zero-order chi connectivity index (χ0) is 21.2. The summed E-state index contributed by atoms with van der Waals surface area (Å²) in [6.45, 7) is 0.709. The first-order chi connectivity index (χ1) is 13.7. The molecule has 1 atom stereocenters. The maximum atomic E-state index is 13.4. The summed E-state index contributed by atoms with van der Waals surface area (Å²) in [5.74, 6) is -0.540. The first-order valence-corrected chi connectivity index (χ1v) is 10.6. The minimum Gasteiger partial charge on any atom is -0.349 e. The zero-order valence-electron chi connectivity index (χ0n) is 15.7. The fraction of sp³-hybridized carbons (Fsp3) is 0.579. The molecule has 3 N–H and O–H groups in total. The molecule has 0 aromatic heterocycles. The largest absolute Gasteiger partial charge is 0.419 e. The number of nitrogens with one attached hydrogen (secondary N) is 1. The lowest BCUT2D eigenvalue weighted by molar-refractivity contribution is -0.140. The molecule has 0 bridgehead atoms. The van der Waals surface area contributed by atoms with Crippen LogP contribution in [0.2, 0.25) is 0 Å². The van der Waals surface area contributed by atoms with E-state index < -0.39 is 29.5 Å². The van der Waals surface area contributed by atoms with E-state index in [9.17, 15) is 27.2 Å². The standard InChI is InChI=1S/C19H23F4N3O2S/c20-15-6-3-12(9-14(15)19(21,22)23)17(27)25-13-4-1-11(2-5-13)16(24)18(28)26-7-8-29-10-26/h3,6,9,11,13,16H,1-2,4-5,7-8,10,24H2,(H,25,27). The Morgan fingerprint density at radius 2 is 1.90 bits per heavy atom. The van der Waals surface area contributed by atoms with Gasteiger partial charge in [-0.3, -0.25) is 9.59 Å². The Balaban J connectivity index is 1.54. The molecule has 2 amide bonds. The molecule has 0 spiro atoms. The van der Waals surface area contributed by atoms with E-state index in [1.54, 1.807) is 16.7 Å². The van der Waals surface area contributed by atoms with Crippen LogP contribution in [0.4, 0.5) is 17.6 Å². The number of alkyl halides is 3. The lowest BCUT2D eigenvalue weighted by Crippen LogP contribution is -2.49. The maximum Gasteiger partial charge on any atom is 0.419 e. The highest BCUT2D eigenvalue weighted by Gasteiger charge is 2.36. The Labute approximate surface area is 170 Å². The smallest absolute Gasteiger partial charge is 0.349 e. The SMILES string of the molecule is NC(C(=O)N1CCSC1)C1CCC(NC(=O)c2ccc(F)c(C(F)(F)F)c2)CC1. The van der Waals surface area contributed by atoms with Gasteiger partial charge in [0.05, 0.1) is 17.5 Å². The molecule has 1 unspecified atom stereocenters. The second-order valence-electron chi connectivity index (χ2n) is 7.44. The van der Waals surface area contributed by atoms with E-state index in [1.807, 2.05) is 0 Å². The zero-order valence-corrected chi connectivity index (χ0v) is 16.5. The summed E-state index contributed by atoms with van der Waals surface area (Å²) >= 11 is 1.69. The lowest BCUT2D eigenvalue weighted by atomic mass is 9.81. The van der Waals surface area contributed by atoms with Gasteiger partial charge in [0.25, 0.3) is 5.91 Å². The number of nitrogens with zero attached hydrogens (tertiary/aromatic N) is 1. The molecule has 29 heavy (non-hydrogen) atoms. The Morgan fingerprint density at radius 1 is 1.21 bits per heavy atom. The van der Waals surface area contributed by atoms with E-state index >= 15 is 0 Å². The van der Waals surface area contributed by atoms with Crippen molar-refractivity contribution in [3.63, 3.8) is 0 Å². The molecule has 2 fully saturated rings. The van der Waals surface area contributed by atoms with Gasteiger partial charge in [-0.1, -0.05) is 0 Å². The summed E-state index contributed by atoms with van der Waals surface area (Å²) in [5.41, 5.74) is 4.45. The molecule has 1 saturated carbocycles. The van der Waals surface area contributed by atoms with E-state index in [4.69, 9.17) is 5.73 Å². The van der Waals surface area contributed by atoms with E-state index in [1.165, 1.54) is 0 Å². The average Bonchev–Trinajstić information content (AvgIpc) is 3.21. The van der Waals surface area contributed by atoms with Crippen molar-refractivity contribution in [3.8, 4) is 0 Å². The minimum atomic E-state index is -4.87. The number of rotatable bonds is 4. The van der Waals surface area contributed by atoms with Gasteiger partial charge in [0.15, 0.2) is 0 Å². The monoisotopic (exact) mass is 433 g/mol. The van der Waals surface area contributed by atoms with Gasteiger partial charge >= 0.3 is 6.18 Å². The molecule has 1 aromatic rings. The van der Waals surface area contributed by atoms with Crippen LogP contribution in [-0.4, -0.2) is 47.0 Å². The van der Waals surface area contributed by atoms with Crippen LogP contribution in [0.25, 0.3) is 0 Å². The Hall–Kier alpha value is -1.81. The van der Waals surface area contributed by atoms with Gasteiger partial charge in [0, 0.05) is 23.9 Å². The van der Waals surface area contributed by atoms with Gasteiger partial charge in [0.2, 0.25) is 5.91 Å². The van der Waals surface area contributed by atoms with Gasteiger partial charge in [-0.2, -0.15) is 13.2 Å². The van der Waals surface area contributed by atoms with Crippen LogP contribution in [0.3, 0.4) is 0 Å². The molecule has 1 aromatic carbocycles. The summed E-state index contributed by atoms with van der Waals surface area (Å²) in [6, 6.07) is 1.42. The van der Waals surface area contributed by atoms with Crippen molar-refractivity contribution < 1.29 is 27.2 Å². The quantitative estimate of drug-likeness (QED) is 0.716. The summed E-state index contributed by atoms with van der Waals surface area (Å²) < 4.78 is 51.9. The molecule has 0 radical (unpaired) electrons. The molecule has 1 aliphatic heterocycles. The van der Waals surface area contributed by atoms with Crippen LogP contribution < -0.4 is 11.1 Å². The highest BCUT2D eigenvalue weighted by molar-refractivity contribution is 7.99. The number of benzene rings is 1. The normalized spacial score (nSPS) is 23.7. The second kappa shape index (κ2) is 8.91. The summed E-state index contributed by atoms with van der Waals surface area (Å²) in [5, 5.41) is 2.71. The number of nitrogens with two attached hydrogens (primary N) is 1. The van der Waals surface area contributed by atoms with Gasteiger partial charge in [-0.05, 0) is 49.8 Å². The second-order valence-corrected chi connectivity index (χ2v) is 8.52. The molecule has 10 heteroatoms. The van der Waals surface area contributed by atoms with Crippen LogP contribution in [0.15, 0.2) is 18.2 Å². The summed E-state index contributed by atoms with van der Waals surface area (Å²) in [7, 11) is 0. The average molecular weight is 433 g/mol. The predicted molar refractivity (Wildman–Crippen MR) is 102 cm³/mol. The van der Waals surface area contributed by atoms with Crippen molar-refractivity contribution in [2.75, 3.05) is 18.2 Å². The predicted octanol–water partition coefficient (Wildman–Crippen LogP) is 2.99. The molecular formula is C19H23F4N3O2S. The third-order valence-corrected chi connectivity index (χ3v) is 6.46. The van der Waals surface area contributed by atoms with Crippen molar-refractivity contribution in [3.05, 3.63) is 35.1 Å². The lowest BCUT2D eigenvalue weighted by Gasteiger charge is -2.33. The summed E-state index contributed by atoms with van der Waals surface area (Å²) in [6.07, 6.45) is -2.40. The van der Waals surface area contributed by atoms with E-state index in [2.05, 4.69) is 5.32 Å². The summed E-state index contributed by atoms with van der Waals surface area (Å²) in [4.78, 5) is 26.5. The number of carbonyl (C=O) groups is 2. The van der Waals surface area contributed by atoms with Crippen LogP contribution in [-0.2, 0) is 11.0 Å². The van der Waals surface area contributed by atoms with Gasteiger partial charge in [-0.15, -0.1) is 11.8 Å². The van der Waals surface area contributed by atoms with E-state index in [0.717, 1.165) is 11.8 Å². The number of amides is 2. The van der Waals surface area contributed by atoms with Crippen molar-refractivity contribution >= 4 is 23.6 Å². The number of hydrogen-bond donors (Lipinski definition) is 2. The van der Waals surface area contributed by atoms with E-state index in [0.29, 0.717) is 50.2 Å². The van der Waals surface area contributed by atoms with Gasteiger partial charge < -0.3 is 16.0 Å². The van der Waals surface area contributed by atoms with Crippen LogP contribution >= 0.6 is 11.8 Å². The van der Waals surface area contributed by atoms with Gasteiger partial charge in [0.1, 0.15) is 5.82 Å². The van der Waals surface area contributed by atoms with Crippen molar-refractivity contribution in [2.24, 2.45) is 11.7 Å². The first-order valence-electron chi connectivity index (χ1n) is 9.46. The highest BCUT2D eigenvalue weighted by Crippen LogP contribution is 2.32. The van der Waals surface area contributed by atoms with E-state index in [-0.39, 0.29) is 23.4 Å². The number of halogens is 4. The molecular weight excluding hydrogens is 410 g/mol. The minimum absolute atomic E-state index is 0.0175. The first kappa shape index (κ1) is 21.9. The Kier molecular flexibility index (Phi) is 6.72. The number of carbonyl (C=O) groups excluding carboxylic acids is 2. The number of hydrogen-bond acceptors (Lipinski definition) is 4. The molecule has 5 nitrogen and oxygen atoms in total. The topological polar surface area (TPSA) is 75.4 Å². The molecule has 1 aliphatic carbocycles. The highest BCUT2D eigenvalue weighted by atomic mass is 32.2. The third kappa shape index (κ3) is 5.22. The molecule has 160 valence electrons. The van der Waals surface area contributed by atoms with Crippen LogP contribution in [0, 0.1) is 11.7 Å². The van der Waals surface area contributed by atoms with Crippen LogP contribution in [0.5, 0.6) is 0 Å². The van der Waals surface area contributed by atoms with Crippen molar-refractivity contribution in [1.29, 1.82) is 0 Å². The number of thioether (sulfide) groups is 1. The molecule has 2 aliphatic rings. The van der Waals surface area contributed by atoms with Crippen molar-refractivity contribution in [1.82, 2.24) is 10.2 Å². The third-order valence-electron chi connectivity index (χ3n) is 5.50. The maximum absolute atomic E-state index is 13.4. The van der Waals surface area contributed by atoms with Gasteiger partial charge in [-0.25, -0.2) is 4.39 Å². The fourth-order valence-corrected chi connectivity index (χ4v) is 4.73. The fourth-order valence-electron chi connectivity index (χ4n) is 3.78. The van der Waals surface area contributed by atoms with Crippen molar-refractivity contribution in [2.45, 2.75) is 43.9 Å². The Bertz CT molecular complexity index is 760. The molecule has 3 rings (SSSR count). The van der Waals surface area contributed by atoms with Crippen LogP contribution in [0.1, 0.15) is 41.6 Å².